The van der Waals surface area contributed by atoms with Crippen LogP contribution in [0.5, 0.6) is 0 Å². The predicted molar refractivity (Wildman–Crippen MR) is 76.1 cm³/mol. The van der Waals surface area contributed by atoms with E-state index in [1.807, 2.05) is 7.05 Å². The SMILES string of the molecule is CNC1CCN(S(=O)(=O)CCC(C)(C)C)CC1C. The first kappa shape index (κ1) is 15.9. The van der Waals surface area contributed by atoms with E-state index in [1.54, 1.807) is 4.31 Å². The molecular formula is C13H28N2O2S. The van der Waals surface area contributed by atoms with E-state index in [9.17, 15) is 8.42 Å². The molecule has 0 saturated carbocycles. The molecule has 0 aromatic heterocycles. The van der Waals surface area contributed by atoms with Gasteiger partial charge in [0.1, 0.15) is 0 Å². The summed E-state index contributed by atoms with van der Waals surface area (Å²) in [5.41, 5.74) is 0.0714. The van der Waals surface area contributed by atoms with E-state index in [1.165, 1.54) is 0 Å². The summed E-state index contributed by atoms with van der Waals surface area (Å²) in [7, 11) is -1.13. The van der Waals surface area contributed by atoms with Crippen LogP contribution in [-0.2, 0) is 10.0 Å². The third kappa shape index (κ3) is 4.52. The number of piperidine rings is 1. The first-order valence-corrected chi connectivity index (χ1v) is 8.42. The highest BCUT2D eigenvalue weighted by Crippen LogP contribution is 2.23. The average Bonchev–Trinajstić information content (AvgIpc) is 2.25. The molecule has 1 heterocycles. The smallest absolute Gasteiger partial charge is 0.214 e. The van der Waals surface area contributed by atoms with Crippen LogP contribution in [0.3, 0.4) is 0 Å². The van der Waals surface area contributed by atoms with Gasteiger partial charge in [-0.15, -0.1) is 0 Å². The van der Waals surface area contributed by atoms with Crippen LogP contribution in [0.1, 0.15) is 40.5 Å². The van der Waals surface area contributed by atoms with Crippen LogP contribution in [0.15, 0.2) is 0 Å². The van der Waals surface area contributed by atoms with Gasteiger partial charge in [-0.2, -0.15) is 0 Å². The molecule has 1 rings (SSSR count). The molecule has 1 N–H and O–H groups in total. The quantitative estimate of drug-likeness (QED) is 0.850. The molecule has 1 aliphatic rings. The van der Waals surface area contributed by atoms with Crippen molar-refractivity contribution in [3.8, 4) is 0 Å². The minimum Gasteiger partial charge on any atom is -0.317 e. The van der Waals surface area contributed by atoms with Crippen LogP contribution in [0.4, 0.5) is 0 Å². The molecule has 0 radical (unpaired) electrons. The lowest BCUT2D eigenvalue weighted by Crippen LogP contribution is -2.49. The van der Waals surface area contributed by atoms with Crippen LogP contribution < -0.4 is 5.32 Å². The molecule has 0 aromatic rings. The van der Waals surface area contributed by atoms with Gasteiger partial charge in [0.25, 0.3) is 0 Å². The molecule has 5 heteroatoms. The summed E-state index contributed by atoms with van der Waals surface area (Å²) < 4.78 is 26.2. The zero-order valence-corrected chi connectivity index (χ0v) is 13.2. The Balaban J connectivity index is 2.59. The Labute approximate surface area is 112 Å². The number of nitrogens with zero attached hydrogens (tertiary/aromatic N) is 1. The van der Waals surface area contributed by atoms with Crippen molar-refractivity contribution in [2.24, 2.45) is 11.3 Å². The van der Waals surface area contributed by atoms with Crippen LogP contribution in [0.25, 0.3) is 0 Å². The molecule has 18 heavy (non-hydrogen) atoms. The van der Waals surface area contributed by atoms with Gasteiger partial charge in [-0.25, -0.2) is 12.7 Å². The molecule has 1 saturated heterocycles. The normalized spacial score (nSPS) is 27.4. The molecule has 2 unspecified atom stereocenters. The minimum absolute atomic E-state index is 0.0714. The van der Waals surface area contributed by atoms with Crippen molar-refractivity contribution in [1.29, 1.82) is 0 Å². The van der Waals surface area contributed by atoms with Gasteiger partial charge in [0.2, 0.25) is 10.0 Å². The van der Waals surface area contributed by atoms with Gasteiger partial charge in [-0.3, -0.25) is 0 Å². The molecule has 0 spiro atoms. The summed E-state index contributed by atoms with van der Waals surface area (Å²) in [4.78, 5) is 0. The molecule has 1 fully saturated rings. The minimum atomic E-state index is -3.08. The van der Waals surface area contributed by atoms with Crippen LogP contribution in [0, 0.1) is 11.3 Å². The lowest BCUT2D eigenvalue weighted by atomic mass is 9.94. The maximum absolute atomic E-state index is 12.3. The van der Waals surface area contributed by atoms with Gasteiger partial charge in [-0.05, 0) is 31.2 Å². The highest BCUT2D eigenvalue weighted by Gasteiger charge is 2.32. The predicted octanol–water partition coefficient (Wildman–Crippen LogP) is 1.68. The Kier molecular flexibility index (Phi) is 5.21. The molecule has 2 atom stereocenters. The summed E-state index contributed by atoms with van der Waals surface area (Å²) in [5.74, 6) is 0.654. The van der Waals surface area contributed by atoms with Gasteiger partial charge in [0.15, 0.2) is 0 Å². The fraction of sp³-hybridized carbons (Fsp3) is 1.00. The van der Waals surface area contributed by atoms with Crippen molar-refractivity contribution in [1.82, 2.24) is 9.62 Å². The first-order valence-electron chi connectivity index (χ1n) is 6.81. The Hall–Kier alpha value is -0.130. The summed E-state index contributed by atoms with van der Waals surface area (Å²) in [6.45, 7) is 9.67. The second-order valence-electron chi connectivity index (χ2n) is 6.65. The van der Waals surface area contributed by atoms with Gasteiger partial charge in [0, 0.05) is 19.1 Å². The topological polar surface area (TPSA) is 49.4 Å². The summed E-state index contributed by atoms with van der Waals surface area (Å²) in [6.07, 6.45) is 1.63. The summed E-state index contributed by atoms with van der Waals surface area (Å²) >= 11 is 0. The van der Waals surface area contributed by atoms with E-state index in [2.05, 4.69) is 33.0 Å². The second kappa shape index (κ2) is 5.88. The van der Waals surface area contributed by atoms with E-state index in [4.69, 9.17) is 0 Å². The highest BCUT2D eigenvalue weighted by molar-refractivity contribution is 7.89. The maximum Gasteiger partial charge on any atom is 0.214 e. The third-order valence-electron chi connectivity index (χ3n) is 3.74. The molecule has 0 bridgehead atoms. The number of sulfonamides is 1. The van der Waals surface area contributed by atoms with Crippen molar-refractivity contribution < 1.29 is 8.42 Å². The maximum atomic E-state index is 12.3. The molecule has 0 aliphatic carbocycles. The number of hydrogen-bond donors (Lipinski definition) is 1. The zero-order chi connectivity index (χ0) is 14.0. The fourth-order valence-electron chi connectivity index (χ4n) is 2.35. The molecule has 0 amide bonds. The summed E-state index contributed by atoms with van der Waals surface area (Å²) in [6, 6.07) is 0.444. The standard InChI is InChI=1S/C13H28N2O2S/c1-11-10-15(8-6-12(11)14-5)18(16,17)9-7-13(2,3)4/h11-12,14H,6-10H2,1-5H3. The van der Waals surface area contributed by atoms with Crippen LogP contribution in [0.2, 0.25) is 0 Å². The largest absolute Gasteiger partial charge is 0.317 e. The first-order chi connectivity index (χ1) is 8.15. The number of nitrogens with one attached hydrogen (secondary N) is 1. The Morgan fingerprint density at radius 2 is 1.94 bits per heavy atom. The van der Waals surface area contributed by atoms with Crippen LogP contribution >= 0.6 is 0 Å². The zero-order valence-electron chi connectivity index (χ0n) is 12.4. The van der Waals surface area contributed by atoms with Crippen molar-refractivity contribution in [2.45, 2.75) is 46.6 Å². The van der Waals surface area contributed by atoms with E-state index in [-0.39, 0.29) is 11.2 Å². The van der Waals surface area contributed by atoms with Crippen LogP contribution in [-0.4, -0.2) is 44.7 Å². The molecule has 4 nitrogen and oxygen atoms in total. The van der Waals surface area contributed by atoms with E-state index in [0.29, 0.717) is 25.0 Å². The Morgan fingerprint density at radius 3 is 2.39 bits per heavy atom. The van der Waals surface area contributed by atoms with Crippen molar-refractivity contribution in [3.63, 3.8) is 0 Å². The Morgan fingerprint density at radius 1 is 1.33 bits per heavy atom. The van der Waals surface area contributed by atoms with Crippen molar-refractivity contribution in [2.75, 3.05) is 25.9 Å². The molecule has 1 aliphatic heterocycles. The van der Waals surface area contributed by atoms with Gasteiger partial charge in [0.05, 0.1) is 5.75 Å². The lowest BCUT2D eigenvalue weighted by molar-refractivity contribution is 0.227. The van der Waals surface area contributed by atoms with Gasteiger partial charge < -0.3 is 5.32 Å². The lowest BCUT2D eigenvalue weighted by Gasteiger charge is -2.36. The average molecular weight is 276 g/mol. The van der Waals surface area contributed by atoms with E-state index < -0.39 is 10.0 Å². The third-order valence-corrected chi connectivity index (χ3v) is 5.58. The van der Waals surface area contributed by atoms with Crippen molar-refractivity contribution in [3.05, 3.63) is 0 Å². The highest BCUT2D eigenvalue weighted by atomic mass is 32.2. The van der Waals surface area contributed by atoms with Crippen molar-refractivity contribution >= 4 is 10.0 Å². The molecular weight excluding hydrogens is 248 g/mol. The van der Waals surface area contributed by atoms with E-state index >= 15 is 0 Å². The number of rotatable bonds is 4. The van der Waals surface area contributed by atoms with Gasteiger partial charge >= 0.3 is 0 Å². The molecule has 108 valence electrons. The molecule has 0 aromatic carbocycles. The Bertz CT molecular complexity index is 360. The second-order valence-corrected chi connectivity index (χ2v) is 8.73. The fourth-order valence-corrected chi connectivity index (χ4v) is 4.33. The monoisotopic (exact) mass is 276 g/mol. The summed E-state index contributed by atoms with van der Waals surface area (Å²) in [5, 5.41) is 3.26. The van der Waals surface area contributed by atoms with E-state index in [0.717, 1.165) is 12.8 Å². The number of hydrogen-bond acceptors (Lipinski definition) is 3. The van der Waals surface area contributed by atoms with Gasteiger partial charge in [-0.1, -0.05) is 27.7 Å².